The molecule has 7 aromatic heterocycles. The largest absolute Gasteiger partial charge is 0.308 e. The minimum atomic E-state index is -0.150. The molecule has 0 amide bonds. The highest BCUT2D eigenvalue weighted by Crippen LogP contribution is 2.45. The molecule has 0 N–H and O–H groups in total. The first kappa shape index (κ1) is 51.7. The molecular formula is C81H48N8O2S. The maximum atomic E-state index is 16.3. The molecule has 0 spiro atoms. The molecule has 0 unspecified atom stereocenters. The van der Waals surface area contributed by atoms with Gasteiger partial charge in [-0.1, -0.05) is 200 Å². The van der Waals surface area contributed by atoms with Gasteiger partial charge >= 0.3 is 0 Å². The molecule has 430 valence electrons. The summed E-state index contributed by atoms with van der Waals surface area (Å²) in [5.74, 6) is 1.52. The molecule has 0 radical (unpaired) electrons. The monoisotopic (exact) mass is 1200 g/mol. The van der Waals surface area contributed by atoms with Crippen molar-refractivity contribution in [1.29, 1.82) is 0 Å². The molecule has 0 aliphatic heterocycles. The fourth-order valence-corrected chi connectivity index (χ4v) is 15.5. The van der Waals surface area contributed by atoms with Crippen molar-refractivity contribution in [2.24, 2.45) is 0 Å². The molecule has 7 heterocycles. The molecule has 0 saturated heterocycles. The molecule has 0 saturated carbocycles. The van der Waals surface area contributed by atoms with Crippen LogP contribution >= 0.6 is 11.3 Å². The van der Waals surface area contributed by atoms with Gasteiger partial charge in [-0.25, -0.2) is 4.98 Å². The Morgan fingerprint density at radius 2 is 0.728 bits per heavy atom. The summed E-state index contributed by atoms with van der Waals surface area (Å²) in [6.45, 7) is 0. The molecular weight excluding hydrogens is 1150 g/mol. The predicted molar refractivity (Wildman–Crippen MR) is 378 cm³/mol. The topological polar surface area (TPSA) is 97.5 Å². The number of rotatable bonds is 8. The molecule has 0 aliphatic rings. The van der Waals surface area contributed by atoms with Crippen LogP contribution in [0.1, 0.15) is 0 Å². The van der Waals surface area contributed by atoms with Crippen molar-refractivity contribution in [3.8, 4) is 62.6 Å². The van der Waals surface area contributed by atoms with Crippen LogP contribution in [0.3, 0.4) is 0 Å². The van der Waals surface area contributed by atoms with Gasteiger partial charge in [-0.2, -0.15) is 9.97 Å². The summed E-state index contributed by atoms with van der Waals surface area (Å²) in [6, 6.07) is 99.5. The van der Waals surface area contributed by atoms with Crippen LogP contribution in [-0.2, 0) is 0 Å². The molecule has 0 atom stereocenters. The number of hydrogen-bond acceptors (Lipinski definition) is 6. The van der Waals surface area contributed by atoms with Crippen LogP contribution in [0, 0.1) is 0 Å². The van der Waals surface area contributed by atoms with E-state index in [0.29, 0.717) is 39.6 Å². The van der Waals surface area contributed by atoms with Gasteiger partial charge in [-0.15, -0.1) is 11.3 Å². The van der Waals surface area contributed by atoms with Crippen molar-refractivity contribution in [2.45, 2.75) is 0 Å². The molecule has 92 heavy (non-hydrogen) atoms. The second kappa shape index (κ2) is 20.1. The Labute approximate surface area is 527 Å². The van der Waals surface area contributed by atoms with Crippen molar-refractivity contribution in [3.05, 3.63) is 312 Å². The van der Waals surface area contributed by atoms with Gasteiger partial charge in [-0.05, 0) is 102 Å². The highest BCUT2D eigenvalue weighted by atomic mass is 32.1. The van der Waals surface area contributed by atoms with Gasteiger partial charge in [0, 0.05) is 86.4 Å². The molecule has 10 nitrogen and oxygen atoms in total. The third kappa shape index (κ3) is 7.63. The van der Waals surface area contributed by atoms with Crippen molar-refractivity contribution >= 4 is 119 Å². The second-order valence-electron chi connectivity index (χ2n) is 23.4. The van der Waals surface area contributed by atoms with E-state index in [4.69, 9.17) is 15.0 Å². The number of hydrogen-bond donors (Lipinski definition) is 0. The minimum absolute atomic E-state index is 0.0737. The van der Waals surface area contributed by atoms with E-state index in [1.165, 1.54) is 10.1 Å². The van der Waals surface area contributed by atoms with Crippen molar-refractivity contribution in [3.63, 3.8) is 0 Å². The molecule has 19 aromatic rings. The van der Waals surface area contributed by atoms with E-state index in [1.54, 1.807) is 11.3 Å². The minimum Gasteiger partial charge on any atom is -0.308 e. The Hall–Kier alpha value is -12.3. The molecule has 19 rings (SSSR count). The zero-order valence-corrected chi connectivity index (χ0v) is 49.8. The number of pyridine rings is 2. The van der Waals surface area contributed by atoms with E-state index in [-0.39, 0.29) is 11.1 Å². The summed E-state index contributed by atoms with van der Waals surface area (Å²) in [6.07, 6.45) is 0. The first-order chi connectivity index (χ1) is 45.5. The zero-order chi connectivity index (χ0) is 60.7. The van der Waals surface area contributed by atoms with Crippen LogP contribution in [0.4, 0.5) is 0 Å². The van der Waals surface area contributed by atoms with E-state index in [0.717, 1.165) is 120 Å². The normalized spacial score (nSPS) is 12.0. The molecule has 12 aromatic carbocycles. The van der Waals surface area contributed by atoms with Gasteiger partial charge in [0.2, 0.25) is 5.95 Å². The quantitative estimate of drug-likeness (QED) is 0.151. The lowest BCUT2D eigenvalue weighted by atomic mass is 10.0. The molecule has 0 bridgehead atoms. The highest BCUT2D eigenvalue weighted by molar-refractivity contribution is 7.25. The SMILES string of the molecule is O=c1c2c3ccccc3n(-c3ccc(-c4cccc(-n5c(=O)c6c7ccccc7n(-c7ccccc7)c6c6c5ccc5c7ccccc7n(-c7nc(-c8ccccc8)nc(-c8ccccc8)n7)c56)c4)cc3)c2c2cc3c(cc2n1-c1ccccc1)sc1ccccc13. The summed E-state index contributed by atoms with van der Waals surface area (Å²) in [7, 11) is 0. The van der Waals surface area contributed by atoms with E-state index in [1.807, 2.05) is 155 Å². The van der Waals surface area contributed by atoms with E-state index in [9.17, 15) is 0 Å². The van der Waals surface area contributed by atoms with Gasteiger partial charge in [0.05, 0.1) is 54.9 Å². The number of thiophene rings is 1. The van der Waals surface area contributed by atoms with Crippen molar-refractivity contribution < 1.29 is 0 Å². The zero-order valence-electron chi connectivity index (χ0n) is 49.0. The maximum absolute atomic E-state index is 16.3. The molecule has 0 fully saturated rings. The summed E-state index contributed by atoms with van der Waals surface area (Å²) < 4.78 is 12.8. The predicted octanol–water partition coefficient (Wildman–Crippen LogP) is 19.1. The van der Waals surface area contributed by atoms with Gasteiger partial charge in [0.25, 0.3) is 11.1 Å². The van der Waals surface area contributed by atoms with Crippen molar-refractivity contribution in [2.75, 3.05) is 0 Å². The van der Waals surface area contributed by atoms with Crippen LogP contribution < -0.4 is 11.1 Å². The van der Waals surface area contributed by atoms with Crippen LogP contribution in [0.25, 0.3) is 170 Å². The third-order valence-electron chi connectivity index (χ3n) is 18.3. The lowest BCUT2D eigenvalue weighted by Gasteiger charge is -2.17. The standard InChI is InChI=1S/C81H48N8O2S/c90-79-71-60-34-14-18-37-65(60)85(75(71)63-47-62-58-33-16-20-39-69(58)92-70(62)48-68(63)87(79)54-29-11-4-12-30-54)55-42-40-49(41-43-55)52-26-21-31-56(46-52)88-67-45-44-59-57-32-13-17-36-64(57)89(81-83-77(50-22-5-1-6-23-50)82-78(84-81)51-24-7-2-8-25-51)74(59)73(67)76-72(80(88)91)61-35-15-19-38-66(61)86(76)53-27-9-3-10-28-53/h1-48H. The van der Waals surface area contributed by atoms with Crippen LogP contribution in [0.2, 0.25) is 0 Å². The van der Waals surface area contributed by atoms with Crippen LogP contribution in [0.5, 0.6) is 0 Å². The fourth-order valence-electron chi connectivity index (χ4n) is 14.4. The number of nitrogens with zero attached hydrogens (tertiary/aromatic N) is 8. The number of fused-ring (bicyclic) bond motifs is 17. The van der Waals surface area contributed by atoms with Gasteiger partial charge < -0.3 is 9.13 Å². The number of aromatic nitrogens is 8. The summed E-state index contributed by atoms with van der Waals surface area (Å²) >= 11 is 1.75. The smallest absolute Gasteiger partial charge is 0.265 e. The third-order valence-corrected chi connectivity index (χ3v) is 19.5. The highest BCUT2D eigenvalue weighted by Gasteiger charge is 2.28. The van der Waals surface area contributed by atoms with Gasteiger partial charge in [0.1, 0.15) is 0 Å². The van der Waals surface area contributed by atoms with E-state index < -0.39 is 0 Å². The van der Waals surface area contributed by atoms with Crippen LogP contribution in [0.15, 0.2) is 301 Å². The first-order valence-corrected chi connectivity index (χ1v) is 31.5. The van der Waals surface area contributed by atoms with Crippen LogP contribution in [-0.4, -0.2) is 37.8 Å². The summed E-state index contributed by atoms with van der Waals surface area (Å²) in [4.78, 5) is 47.6. The van der Waals surface area contributed by atoms with Gasteiger partial charge in [0.15, 0.2) is 11.6 Å². The summed E-state index contributed by atoms with van der Waals surface area (Å²) in [5.41, 5.74) is 13.5. The number of para-hydroxylation sites is 5. The average molecular weight is 1200 g/mol. The molecule has 11 heteroatoms. The first-order valence-electron chi connectivity index (χ1n) is 30.7. The maximum Gasteiger partial charge on any atom is 0.265 e. The Bertz CT molecular complexity index is 6350. The Morgan fingerprint density at radius 1 is 0.250 bits per heavy atom. The Balaban J connectivity index is 0.850. The van der Waals surface area contributed by atoms with Gasteiger partial charge in [-0.3, -0.25) is 23.3 Å². The Kier molecular flexibility index (Phi) is 11.3. The lowest BCUT2D eigenvalue weighted by Crippen LogP contribution is -2.19. The lowest BCUT2D eigenvalue weighted by molar-refractivity contribution is 0.954. The second-order valence-corrected chi connectivity index (χ2v) is 24.5. The fraction of sp³-hybridized carbons (Fsp3) is 0. The number of benzene rings is 12. The molecule has 0 aliphatic carbocycles. The summed E-state index contributed by atoms with van der Waals surface area (Å²) in [5, 5.41) is 9.13. The van der Waals surface area contributed by atoms with E-state index in [2.05, 4.69) is 159 Å². The van der Waals surface area contributed by atoms with E-state index >= 15 is 9.59 Å². The average Bonchev–Trinajstić information content (AvgIpc) is 1.52. The Morgan fingerprint density at radius 3 is 1.37 bits per heavy atom. The van der Waals surface area contributed by atoms with Crippen molar-refractivity contribution in [1.82, 2.24) is 37.8 Å².